The summed E-state index contributed by atoms with van der Waals surface area (Å²) in [6.45, 7) is 6.48. The van der Waals surface area contributed by atoms with Gasteiger partial charge in [-0.15, -0.1) is 12.6 Å². The molecule has 0 amide bonds. The molecule has 0 rings (SSSR count). The summed E-state index contributed by atoms with van der Waals surface area (Å²) in [5, 5.41) is 0.0504. The van der Waals surface area contributed by atoms with Crippen molar-refractivity contribution in [3.8, 4) is 0 Å². The van der Waals surface area contributed by atoms with Crippen LogP contribution in [-0.4, -0.2) is 5.12 Å². The Kier molecular flexibility index (Phi) is 16.4. The van der Waals surface area contributed by atoms with Crippen LogP contribution in [0.4, 0.5) is 0 Å². The summed E-state index contributed by atoms with van der Waals surface area (Å²) < 4.78 is 0. The van der Waals surface area contributed by atoms with Crippen molar-refractivity contribution in [2.24, 2.45) is 11.8 Å². The Morgan fingerprint density at radius 3 is 1.91 bits per heavy atom. The van der Waals surface area contributed by atoms with Crippen LogP contribution in [-0.2, 0) is 4.79 Å². The minimum atomic E-state index is 0.0504. The smallest absolute Gasteiger partial charge is 0.188 e. The van der Waals surface area contributed by atoms with Gasteiger partial charge >= 0.3 is 0 Å². The van der Waals surface area contributed by atoms with Crippen molar-refractivity contribution in [2.75, 3.05) is 0 Å². The van der Waals surface area contributed by atoms with Gasteiger partial charge in [-0.05, 0) is 38.0 Å². The maximum absolute atomic E-state index is 11.3. The molecule has 0 N–H and O–H groups in total. The van der Waals surface area contributed by atoms with Gasteiger partial charge in [-0.25, -0.2) is 0 Å². The molecule has 0 bridgehead atoms. The highest BCUT2D eigenvalue weighted by Gasteiger charge is 2.19. The van der Waals surface area contributed by atoms with E-state index < -0.39 is 0 Å². The molecule has 1 nitrogen and oxygen atoms in total. The number of allylic oxidation sites excluding steroid dienone is 2. The van der Waals surface area contributed by atoms with Crippen molar-refractivity contribution >= 4 is 17.7 Å². The van der Waals surface area contributed by atoms with Crippen LogP contribution in [0, 0.1) is 11.8 Å². The highest BCUT2D eigenvalue weighted by atomic mass is 32.1. The topological polar surface area (TPSA) is 17.1 Å². The molecule has 0 aliphatic rings. The zero-order chi connectivity index (χ0) is 17.3. The maximum atomic E-state index is 11.3. The lowest BCUT2D eigenvalue weighted by atomic mass is 9.87. The van der Waals surface area contributed by atoms with Gasteiger partial charge < -0.3 is 0 Å². The van der Waals surface area contributed by atoms with Crippen LogP contribution in [0.25, 0.3) is 0 Å². The minimum absolute atomic E-state index is 0.0504. The van der Waals surface area contributed by atoms with Crippen molar-refractivity contribution in [1.82, 2.24) is 0 Å². The number of hydrogen-bond donors (Lipinski definition) is 1. The van der Waals surface area contributed by atoms with Crippen LogP contribution in [0.2, 0.25) is 0 Å². The Balaban J connectivity index is 3.44. The van der Waals surface area contributed by atoms with Gasteiger partial charge in [0.05, 0.1) is 0 Å². The number of unbranched alkanes of at least 4 members (excludes halogenated alkanes) is 9. The second-order valence-electron chi connectivity index (χ2n) is 6.96. The summed E-state index contributed by atoms with van der Waals surface area (Å²) >= 11 is 3.98. The number of thiol groups is 1. The molecule has 136 valence electrons. The monoisotopic (exact) mass is 340 g/mol. The Bertz CT molecular complexity index is 298. The van der Waals surface area contributed by atoms with Gasteiger partial charge in [-0.2, -0.15) is 0 Å². The standard InChI is InChI=1S/C21H40OS/c1-4-6-7-8-9-10-11-12-13-14-15-16-17-18-20(5-2)19(3)21(22)23/h12-13,19-20H,4-11,14-18H2,1-3H3,(H,22,23). The maximum Gasteiger partial charge on any atom is 0.188 e. The second-order valence-corrected chi connectivity index (χ2v) is 7.40. The molecular formula is C21H40OS. The Hall–Kier alpha value is -0.240. The van der Waals surface area contributed by atoms with Gasteiger partial charge in [0.1, 0.15) is 0 Å². The predicted octanol–water partition coefficient (Wildman–Crippen LogP) is 7.36. The summed E-state index contributed by atoms with van der Waals surface area (Å²) in [5.74, 6) is 0.629. The van der Waals surface area contributed by atoms with Crippen molar-refractivity contribution in [3.63, 3.8) is 0 Å². The molecule has 0 saturated heterocycles. The van der Waals surface area contributed by atoms with Crippen LogP contribution in [0.5, 0.6) is 0 Å². The molecular weight excluding hydrogens is 300 g/mol. The first kappa shape index (κ1) is 22.8. The molecule has 0 heterocycles. The first-order chi connectivity index (χ1) is 11.1. The van der Waals surface area contributed by atoms with Gasteiger partial charge in [0.15, 0.2) is 5.12 Å². The highest BCUT2D eigenvalue weighted by Crippen LogP contribution is 2.24. The molecule has 0 aliphatic heterocycles. The number of hydrogen-bond acceptors (Lipinski definition) is 1. The average Bonchev–Trinajstić information content (AvgIpc) is 2.54. The highest BCUT2D eigenvalue weighted by molar-refractivity contribution is 7.96. The summed E-state index contributed by atoms with van der Waals surface area (Å²) in [6, 6.07) is 0. The molecule has 0 aromatic carbocycles. The molecule has 0 fully saturated rings. The van der Waals surface area contributed by atoms with Gasteiger partial charge in [0.25, 0.3) is 0 Å². The van der Waals surface area contributed by atoms with E-state index in [0.29, 0.717) is 5.92 Å². The Labute approximate surface area is 151 Å². The largest absolute Gasteiger partial charge is 0.287 e. The Morgan fingerprint density at radius 1 is 0.870 bits per heavy atom. The van der Waals surface area contributed by atoms with E-state index in [0.717, 1.165) is 6.42 Å². The zero-order valence-corrected chi connectivity index (χ0v) is 16.8. The fourth-order valence-corrected chi connectivity index (χ4v) is 3.34. The molecule has 2 atom stereocenters. The molecule has 2 unspecified atom stereocenters. The van der Waals surface area contributed by atoms with Gasteiger partial charge in [0, 0.05) is 5.92 Å². The van der Waals surface area contributed by atoms with Crippen LogP contribution in [0.15, 0.2) is 12.2 Å². The predicted molar refractivity (Wildman–Crippen MR) is 107 cm³/mol. The number of rotatable bonds is 16. The van der Waals surface area contributed by atoms with E-state index in [4.69, 9.17) is 0 Å². The molecule has 0 radical (unpaired) electrons. The summed E-state index contributed by atoms with van der Waals surface area (Å²) in [4.78, 5) is 11.3. The van der Waals surface area contributed by atoms with E-state index in [1.807, 2.05) is 6.92 Å². The van der Waals surface area contributed by atoms with Crippen molar-refractivity contribution in [1.29, 1.82) is 0 Å². The lowest BCUT2D eigenvalue weighted by Gasteiger charge is -2.19. The molecule has 23 heavy (non-hydrogen) atoms. The quantitative estimate of drug-likeness (QED) is 0.176. The molecule has 0 aromatic heterocycles. The number of carbonyl (C=O) groups is 1. The molecule has 0 aromatic rings. The van der Waals surface area contributed by atoms with E-state index in [1.54, 1.807) is 0 Å². The summed E-state index contributed by atoms with van der Waals surface area (Å²) in [7, 11) is 0. The van der Waals surface area contributed by atoms with Gasteiger partial charge in [-0.3, -0.25) is 4.79 Å². The molecule has 0 saturated carbocycles. The first-order valence-corrected chi connectivity index (χ1v) is 10.5. The molecule has 2 heteroatoms. The fraction of sp³-hybridized carbons (Fsp3) is 0.857. The van der Waals surface area contributed by atoms with Gasteiger partial charge in [-0.1, -0.05) is 84.3 Å². The van der Waals surface area contributed by atoms with Crippen LogP contribution in [0.1, 0.15) is 104 Å². The number of carbonyl (C=O) groups excluding carboxylic acids is 1. The van der Waals surface area contributed by atoms with E-state index >= 15 is 0 Å². The normalized spacial score (nSPS) is 14.3. The van der Waals surface area contributed by atoms with E-state index in [-0.39, 0.29) is 11.0 Å². The fourth-order valence-electron chi connectivity index (χ4n) is 3.13. The summed E-state index contributed by atoms with van der Waals surface area (Å²) in [6.07, 6.45) is 21.6. The minimum Gasteiger partial charge on any atom is -0.287 e. The summed E-state index contributed by atoms with van der Waals surface area (Å²) in [5.41, 5.74) is 0. The third-order valence-corrected chi connectivity index (χ3v) is 5.36. The lowest BCUT2D eigenvalue weighted by molar-refractivity contribution is -0.115. The van der Waals surface area contributed by atoms with Crippen LogP contribution >= 0.6 is 12.6 Å². The van der Waals surface area contributed by atoms with Crippen LogP contribution < -0.4 is 0 Å². The van der Waals surface area contributed by atoms with Crippen molar-refractivity contribution < 1.29 is 4.79 Å². The van der Waals surface area contributed by atoms with E-state index in [9.17, 15) is 4.79 Å². The molecule has 0 aliphatic carbocycles. The average molecular weight is 341 g/mol. The zero-order valence-electron chi connectivity index (χ0n) is 15.9. The lowest BCUT2D eigenvalue weighted by Crippen LogP contribution is -2.16. The third kappa shape index (κ3) is 13.9. The SMILES string of the molecule is CCCCCCCCC=CCCCCCC(CC)C(C)C(=O)S. The van der Waals surface area contributed by atoms with Crippen molar-refractivity contribution in [3.05, 3.63) is 12.2 Å². The van der Waals surface area contributed by atoms with E-state index in [1.165, 1.54) is 77.0 Å². The van der Waals surface area contributed by atoms with Crippen molar-refractivity contribution in [2.45, 2.75) is 104 Å². The second kappa shape index (κ2) is 16.6. The van der Waals surface area contributed by atoms with Gasteiger partial charge in [0.2, 0.25) is 0 Å². The Morgan fingerprint density at radius 2 is 1.39 bits per heavy atom. The molecule has 0 spiro atoms. The van der Waals surface area contributed by atoms with E-state index in [2.05, 4.69) is 38.6 Å². The first-order valence-electron chi connectivity index (χ1n) is 10.0. The van der Waals surface area contributed by atoms with Crippen LogP contribution in [0.3, 0.4) is 0 Å². The third-order valence-electron chi connectivity index (χ3n) is 4.96.